The maximum Gasteiger partial charge on any atom is 0.161 e. The number of benzene rings is 1. The highest BCUT2D eigenvalue weighted by molar-refractivity contribution is 5.82. The van der Waals surface area contributed by atoms with Crippen molar-refractivity contribution in [1.29, 1.82) is 0 Å². The van der Waals surface area contributed by atoms with Crippen LogP contribution in [0.25, 0.3) is 0 Å². The molecule has 0 atom stereocenters. The zero-order valence-electron chi connectivity index (χ0n) is 9.37. The van der Waals surface area contributed by atoms with Gasteiger partial charge in [0.1, 0.15) is 0 Å². The number of methoxy groups -OCH3 is 1. The van der Waals surface area contributed by atoms with Crippen LogP contribution < -0.4 is 4.74 Å². The normalized spacial score (nSPS) is 10.6. The third-order valence-electron chi connectivity index (χ3n) is 2.21. The first-order valence-electron chi connectivity index (χ1n) is 5.10. The fourth-order valence-corrected chi connectivity index (χ4v) is 1.35. The SMILES string of the molecule is COc1cc(C=Nc2cccnc2)ccc1O. The van der Waals surface area contributed by atoms with Crippen LogP contribution in [-0.2, 0) is 0 Å². The Hall–Kier alpha value is -2.36. The Labute approximate surface area is 99.2 Å². The number of aromatic hydroxyl groups is 1. The van der Waals surface area contributed by atoms with Crippen LogP contribution in [-0.4, -0.2) is 23.4 Å². The first kappa shape index (κ1) is 11.1. The number of pyridine rings is 1. The third kappa shape index (κ3) is 2.81. The molecule has 4 nitrogen and oxygen atoms in total. The number of phenolic OH excluding ortho intramolecular Hbond substituents is 1. The molecule has 4 heteroatoms. The molecule has 2 aromatic rings. The number of phenols is 1. The van der Waals surface area contributed by atoms with Crippen molar-refractivity contribution in [1.82, 2.24) is 4.98 Å². The third-order valence-corrected chi connectivity index (χ3v) is 2.21. The van der Waals surface area contributed by atoms with E-state index in [1.165, 1.54) is 7.11 Å². The van der Waals surface area contributed by atoms with Gasteiger partial charge < -0.3 is 9.84 Å². The molecule has 86 valence electrons. The quantitative estimate of drug-likeness (QED) is 0.821. The Morgan fingerprint density at radius 1 is 1.35 bits per heavy atom. The lowest BCUT2D eigenvalue weighted by Gasteiger charge is -2.03. The molecule has 1 aromatic carbocycles. The van der Waals surface area contributed by atoms with Gasteiger partial charge in [0.2, 0.25) is 0 Å². The highest BCUT2D eigenvalue weighted by atomic mass is 16.5. The lowest BCUT2D eigenvalue weighted by atomic mass is 10.2. The molecule has 0 aliphatic heterocycles. The molecule has 1 heterocycles. The Kier molecular flexibility index (Phi) is 3.35. The van der Waals surface area contributed by atoms with Gasteiger partial charge in [0.25, 0.3) is 0 Å². The summed E-state index contributed by atoms with van der Waals surface area (Å²) in [6, 6.07) is 8.74. The average Bonchev–Trinajstić information content (AvgIpc) is 2.39. The van der Waals surface area contributed by atoms with Crippen LogP contribution in [0.1, 0.15) is 5.56 Å². The molecular weight excluding hydrogens is 216 g/mol. The fourth-order valence-electron chi connectivity index (χ4n) is 1.35. The van der Waals surface area contributed by atoms with E-state index in [9.17, 15) is 5.11 Å². The molecular formula is C13H12N2O2. The van der Waals surface area contributed by atoms with Crippen LogP contribution in [0.3, 0.4) is 0 Å². The average molecular weight is 228 g/mol. The minimum absolute atomic E-state index is 0.117. The van der Waals surface area contributed by atoms with Gasteiger partial charge in [-0.25, -0.2) is 0 Å². The van der Waals surface area contributed by atoms with Crippen molar-refractivity contribution in [3.63, 3.8) is 0 Å². The van der Waals surface area contributed by atoms with E-state index in [2.05, 4.69) is 9.98 Å². The molecule has 1 aromatic heterocycles. The van der Waals surface area contributed by atoms with E-state index in [1.807, 2.05) is 12.1 Å². The van der Waals surface area contributed by atoms with Gasteiger partial charge >= 0.3 is 0 Å². The number of aromatic nitrogens is 1. The Balaban J connectivity index is 2.22. The van der Waals surface area contributed by atoms with Gasteiger partial charge in [0.05, 0.1) is 19.0 Å². The zero-order chi connectivity index (χ0) is 12.1. The zero-order valence-corrected chi connectivity index (χ0v) is 9.37. The predicted octanol–water partition coefficient (Wildman–Crippen LogP) is 2.55. The van der Waals surface area contributed by atoms with E-state index in [0.29, 0.717) is 5.75 Å². The van der Waals surface area contributed by atoms with E-state index in [-0.39, 0.29) is 5.75 Å². The molecule has 0 saturated carbocycles. The van der Waals surface area contributed by atoms with Gasteiger partial charge in [-0.3, -0.25) is 9.98 Å². The van der Waals surface area contributed by atoms with Crippen LogP contribution in [0.15, 0.2) is 47.7 Å². The van der Waals surface area contributed by atoms with Gasteiger partial charge in [-0.2, -0.15) is 0 Å². The van der Waals surface area contributed by atoms with Gasteiger partial charge in [-0.1, -0.05) is 0 Å². The van der Waals surface area contributed by atoms with Crippen molar-refractivity contribution in [3.8, 4) is 11.5 Å². The number of hydrogen-bond acceptors (Lipinski definition) is 4. The van der Waals surface area contributed by atoms with Crippen LogP contribution in [0.2, 0.25) is 0 Å². The number of nitrogens with zero attached hydrogens (tertiary/aromatic N) is 2. The first-order valence-corrected chi connectivity index (χ1v) is 5.10. The second-order valence-electron chi connectivity index (χ2n) is 3.40. The van der Waals surface area contributed by atoms with E-state index >= 15 is 0 Å². The highest BCUT2D eigenvalue weighted by Crippen LogP contribution is 2.25. The number of hydrogen-bond donors (Lipinski definition) is 1. The van der Waals surface area contributed by atoms with Crippen LogP contribution in [0.5, 0.6) is 11.5 Å². The summed E-state index contributed by atoms with van der Waals surface area (Å²) in [5.74, 6) is 0.547. The van der Waals surface area contributed by atoms with E-state index in [1.54, 1.807) is 36.8 Å². The van der Waals surface area contributed by atoms with E-state index < -0.39 is 0 Å². The predicted molar refractivity (Wildman–Crippen MR) is 66.1 cm³/mol. The Morgan fingerprint density at radius 3 is 2.94 bits per heavy atom. The smallest absolute Gasteiger partial charge is 0.161 e. The largest absolute Gasteiger partial charge is 0.504 e. The summed E-state index contributed by atoms with van der Waals surface area (Å²) in [7, 11) is 1.51. The fraction of sp³-hybridized carbons (Fsp3) is 0.0769. The minimum atomic E-state index is 0.117. The number of ether oxygens (including phenoxy) is 1. The first-order chi connectivity index (χ1) is 8.29. The summed E-state index contributed by atoms with van der Waals surface area (Å²) >= 11 is 0. The molecule has 0 unspecified atom stereocenters. The van der Waals surface area contributed by atoms with E-state index in [0.717, 1.165) is 11.3 Å². The Morgan fingerprint density at radius 2 is 2.24 bits per heavy atom. The van der Waals surface area contributed by atoms with Crippen molar-refractivity contribution in [2.24, 2.45) is 4.99 Å². The summed E-state index contributed by atoms with van der Waals surface area (Å²) in [5, 5.41) is 9.44. The van der Waals surface area contributed by atoms with Crippen LogP contribution >= 0.6 is 0 Å². The van der Waals surface area contributed by atoms with E-state index in [4.69, 9.17) is 4.74 Å². The van der Waals surface area contributed by atoms with Gasteiger partial charge in [-0.15, -0.1) is 0 Å². The van der Waals surface area contributed by atoms with Crippen molar-refractivity contribution >= 4 is 11.9 Å². The van der Waals surface area contributed by atoms with Gasteiger partial charge in [0, 0.05) is 12.4 Å². The molecule has 0 fully saturated rings. The molecule has 0 amide bonds. The second kappa shape index (κ2) is 5.12. The van der Waals surface area contributed by atoms with Crippen molar-refractivity contribution in [2.45, 2.75) is 0 Å². The second-order valence-corrected chi connectivity index (χ2v) is 3.40. The molecule has 2 rings (SSSR count). The Bertz CT molecular complexity index is 524. The van der Waals surface area contributed by atoms with Crippen molar-refractivity contribution in [3.05, 3.63) is 48.3 Å². The monoisotopic (exact) mass is 228 g/mol. The maximum absolute atomic E-state index is 9.44. The lowest BCUT2D eigenvalue weighted by Crippen LogP contribution is -1.86. The maximum atomic E-state index is 9.44. The number of rotatable bonds is 3. The molecule has 1 N–H and O–H groups in total. The summed E-state index contributed by atoms with van der Waals surface area (Å²) in [6.07, 6.45) is 5.07. The van der Waals surface area contributed by atoms with Crippen LogP contribution in [0.4, 0.5) is 5.69 Å². The molecule has 0 aliphatic carbocycles. The molecule has 0 saturated heterocycles. The standard InChI is InChI=1S/C13H12N2O2/c1-17-13-7-10(4-5-12(13)16)8-15-11-3-2-6-14-9-11/h2-9,16H,1H3. The molecule has 0 bridgehead atoms. The molecule has 0 radical (unpaired) electrons. The molecule has 0 aliphatic rings. The summed E-state index contributed by atoms with van der Waals surface area (Å²) in [5.41, 5.74) is 1.63. The minimum Gasteiger partial charge on any atom is -0.504 e. The van der Waals surface area contributed by atoms with Gasteiger partial charge in [0.15, 0.2) is 11.5 Å². The summed E-state index contributed by atoms with van der Waals surface area (Å²) in [4.78, 5) is 8.22. The summed E-state index contributed by atoms with van der Waals surface area (Å²) < 4.78 is 5.01. The molecule has 0 spiro atoms. The molecule has 17 heavy (non-hydrogen) atoms. The van der Waals surface area contributed by atoms with Crippen molar-refractivity contribution in [2.75, 3.05) is 7.11 Å². The van der Waals surface area contributed by atoms with Crippen molar-refractivity contribution < 1.29 is 9.84 Å². The van der Waals surface area contributed by atoms with Crippen LogP contribution in [0, 0.1) is 0 Å². The lowest BCUT2D eigenvalue weighted by molar-refractivity contribution is 0.373. The highest BCUT2D eigenvalue weighted by Gasteiger charge is 2.00. The van der Waals surface area contributed by atoms with Gasteiger partial charge in [-0.05, 0) is 35.9 Å². The topological polar surface area (TPSA) is 54.7 Å². The summed E-state index contributed by atoms with van der Waals surface area (Å²) in [6.45, 7) is 0. The number of aliphatic imine (C=N–C) groups is 1.